The predicted octanol–water partition coefficient (Wildman–Crippen LogP) is 3.75. The van der Waals surface area contributed by atoms with E-state index >= 15 is 0 Å². The normalized spacial score (nSPS) is 15.0. The summed E-state index contributed by atoms with van der Waals surface area (Å²) in [4.78, 5) is 22.1. The number of fused-ring (bicyclic) bond motifs is 2. The van der Waals surface area contributed by atoms with Crippen molar-refractivity contribution in [1.82, 2.24) is 14.5 Å². The average molecular weight is 376 g/mol. The zero-order valence-corrected chi connectivity index (χ0v) is 15.9. The Hall–Kier alpha value is -2.86. The van der Waals surface area contributed by atoms with Gasteiger partial charge in [0.05, 0.1) is 15.8 Å². The van der Waals surface area contributed by atoms with Crippen LogP contribution in [-0.4, -0.2) is 46.5 Å². The highest BCUT2D eigenvalue weighted by Gasteiger charge is 2.25. The molecule has 1 saturated heterocycles. The molecule has 2 aromatic heterocycles. The molecule has 4 aromatic rings. The number of hydrogen-bond donors (Lipinski definition) is 0. The van der Waals surface area contributed by atoms with Crippen molar-refractivity contribution >= 4 is 43.5 Å². The predicted molar refractivity (Wildman–Crippen MR) is 111 cm³/mol. The molecule has 0 saturated carbocycles. The van der Waals surface area contributed by atoms with E-state index < -0.39 is 0 Å². The Labute approximate surface area is 161 Å². The van der Waals surface area contributed by atoms with Crippen LogP contribution in [0.5, 0.6) is 0 Å². The molecule has 0 bridgehead atoms. The molecular formula is C21H20N4OS. The van der Waals surface area contributed by atoms with Gasteiger partial charge in [-0.1, -0.05) is 41.7 Å². The molecule has 2 aromatic carbocycles. The van der Waals surface area contributed by atoms with Gasteiger partial charge in [-0.05, 0) is 18.2 Å². The number of carbonyl (C=O) groups is 1. The third kappa shape index (κ3) is 2.77. The molecule has 0 aliphatic carbocycles. The van der Waals surface area contributed by atoms with Gasteiger partial charge in [0.25, 0.3) is 5.91 Å². The van der Waals surface area contributed by atoms with Crippen LogP contribution in [0.25, 0.3) is 21.1 Å². The zero-order valence-electron chi connectivity index (χ0n) is 15.1. The van der Waals surface area contributed by atoms with Gasteiger partial charge in [-0.2, -0.15) is 0 Å². The van der Waals surface area contributed by atoms with Crippen molar-refractivity contribution in [3.8, 4) is 0 Å². The molecule has 3 heterocycles. The Morgan fingerprint density at radius 3 is 2.56 bits per heavy atom. The van der Waals surface area contributed by atoms with Crippen molar-refractivity contribution in [3.05, 3.63) is 60.3 Å². The first-order valence-electron chi connectivity index (χ1n) is 9.14. The second-order valence-corrected chi connectivity index (χ2v) is 7.92. The van der Waals surface area contributed by atoms with Crippen molar-refractivity contribution in [1.29, 1.82) is 0 Å². The smallest absolute Gasteiger partial charge is 0.256 e. The lowest BCUT2D eigenvalue weighted by Crippen LogP contribution is -2.48. The van der Waals surface area contributed by atoms with Crippen LogP contribution >= 0.6 is 11.3 Å². The first-order chi connectivity index (χ1) is 13.2. The van der Waals surface area contributed by atoms with Gasteiger partial charge >= 0.3 is 0 Å². The van der Waals surface area contributed by atoms with E-state index in [1.807, 2.05) is 53.0 Å². The van der Waals surface area contributed by atoms with Crippen LogP contribution in [0.3, 0.4) is 0 Å². The number of aryl methyl sites for hydroxylation is 1. The minimum Gasteiger partial charge on any atom is -0.350 e. The summed E-state index contributed by atoms with van der Waals surface area (Å²) in [5, 5.41) is 2.08. The lowest BCUT2D eigenvalue weighted by molar-refractivity contribution is 0.0748. The molecular weight excluding hydrogens is 356 g/mol. The average Bonchev–Trinajstić information content (AvgIpc) is 3.29. The van der Waals surface area contributed by atoms with Gasteiger partial charge in [-0.25, -0.2) is 4.98 Å². The molecule has 27 heavy (non-hydrogen) atoms. The Bertz CT molecular complexity index is 1100. The maximum absolute atomic E-state index is 13.1. The molecule has 1 amide bonds. The fourth-order valence-electron chi connectivity index (χ4n) is 3.78. The molecule has 5 rings (SSSR count). The molecule has 136 valence electrons. The monoisotopic (exact) mass is 376 g/mol. The van der Waals surface area contributed by atoms with Crippen molar-refractivity contribution in [2.24, 2.45) is 7.05 Å². The van der Waals surface area contributed by atoms with Gasteiger partial charge < -0.3 is 14.4 Å². The standard InChI is InChI=1S/C21H20N4OS/c1-23-14-16(15-6-2-4-8-18(15)23)20(26)24-10-12-25(13-11-24)21-22-17-7-3-5-9-19(17)27-21/h2-9,14H,10-13H2,1H3. The Kier molecular flexibility index (Phi) is 3.86. The van der Waals surface area contributed by atoms with Gasteiger partial charge in [0.15, 0.2) is 5.13 Å². The number of benzene rings is 2. The topological polar surface area (TPSA) is 41.4 Å². The number of piperazine rings is 1. The SMILES string of the molecule is Cn1cc(C(=O)N2CCN(c3nc4ccccc4s3)CC2)c2ccccc21. The zero-order chi connectivity index (χ0) is 18.4. The summed E-state index contributed by atoms with van der Waals surface area (Å²) in [7, 11) is 1.99. The fourth-order valence-corrected chi connectivity index (χ4v) is 4.80. The third-order valence-corrected chi connectivity index (χ3v) is 6.34. The molecule has 1 fully saturated rings. The molecule has 6 heteroatoms. The number of amides is 1. The number of anilines is 1. The summed E-state index contributed by atoms with van der Waals surface area (Å²) in [6.45, 7) is 3.07. The third-order valence-electron chi connectivity index (χ3n) is 5.25. The first-order valence-corrected chi connectivity index (χ1v) is 9.96. The molecule has 0 N–H and O–H groups in total. The molecule has 1 aliphatic heterocycles. The number of para-hydroxylation sites is 2. The van der Waals surface area contributed by atoms with Crippen LogP contribution in [0.15, 0.2) is 54.7 Å². The van der Waals surface area contributed by atoms with Gasteiger partial charge in [-0.3, -0.25) is 4.79 Å². The number of carbonyl (C=O) groups excluding carboxylic acids is 1. The minimum atomic E-state index is 0.121. The van der Waals surface area contributed by atoms with Crippen LogP contribution in [-0.2, 0) is 7.05 Å². The van der Waals surface area contributed by atoms with Gasteiger partial charge in [-0.15, -0.1) is 0 Å². The number of thiazole rings is 1. The molecule has 0 radical (unpaired) electrons. The second-order valence-electron chi connectivity index (χ2n) is 6.91. The van der Waals surface area contributed by atoms with Crippen molar-refractivity contribution in [3.63, 3.8) is 0 Å². The quantitative estimate of drug-likeness (QED) is 0.535. The highest BCUT2D eigenvalue weighted by molar-refractivity contribution is 7.22. The summed E-state index contributed by atoms with van der Waals surface area (Å²) in [6.07, 6.45) is 1.95. The van der Waals surface area contributed by atoms with E-state index in [1.54, 1.807) is 11.3 Å². The fraction of sp³-hybridized carbons (Fsp3) is 0.238. The maximum atomic E-state index is 13.1. The summed E-state index contributed by atoms with van der Waals surface area (Å²) >= 11 is 1.72. The number of hydrogen-bond acceptors (Lipinski definition) is 4. The van der Waals surface area contributed by atoms with Crippen LogP contribution in [0.1, 0.15) is 10.4 Å². The Morgan fingerprint density at radius 1 is 1.00 bits per heavy atom. The molecule has 0 atom stereocenters. The summed E-state index contributed by atoms with van der Waals surface area (Å²) in [5.41, 5.74) is 2.93. The molecule has 5 nitrogen and oxygen atoms in total. The second kappa shape index (κ2) is 6.39. The van der Waals surface area contributed by atoms with E-state index in [9.17, 15) is 4.79 Å². The Balaban J connectivity index is 1.34. The molecule has 0 spiro atoms. The van der Waals surface area contributed by atoms with Crippen LogP contribution < -0.4 is 4.90 Å². The van der Waals surface area contributed by atoms with Crippen LogP contribution in [0.4, 0.5) is 5.13 Å². The van der Waals surface area contributed by atoms with Gasteiger partial charge in [0.2, 0.25) is 0 Å². The number of aromatic nitrogens is 2. The van der Waals surface area contributed by atoms with Gasteiger partial charge in [0, 0.05) is 50.3 Å². The summed E-state index contributed by atoms with van der Waals surface area (Å²) in [6, 6.07) is 16.3. The maximum Gasteiger partial charge on any atom is 0.256 e. The largest absolute Gasteiger partial charge is 0.350 e. The van der Waals surface area contributed by atoms with Crippen LogP contribution in [0.2, 0.25) is 0 Å². The highest BCUT2D eigenvalue weighted by atomic mass is 32.1. The molecule has 1 aliphatic rings. The van der Waals surface area contributed by atoms with Gasteiger partial charge in [0.1, 0.15) is 0 Å². The van der Waals surface area contributed by atoms with Crippen LogP contribution in [0, 0.1) is 0 Å². The van der Waals surface area contributed by atoms with Crippen molar-refractivity contribution in [2.75, 3.05) is 31.1 Å². The Morgan fingerprint density at radius 2 is 1.74 bits per heavy atom. The number of nitrogens with zero attached hydrogens (tertiary/aromatic N) is 4. The lowest BCUT2D eigenvalue weighted by Gasteiger charge is -2.34. The van der Waals surface area contributed by atoms with E-state index in [2.05, 4.69) is 23.1 Å². The number of rotatable bonds is 2. The van der Waals surface area contributed by atoms with E-state index in [0.717, 1.165) is 53.3 Å². The van der Waals surface area contributed by atoms with E-state index in [1.165, 1.54) is 4.70 Å². The van der Waals surface area contributed by atoms with E-state index in [0.29, 0.717) is 0 Å². The van der Waals surface area contributed by atoms with E-state index in [-0.39, 0.29) is 5.91 Å². The van der Waals surface area contributed by atoms with E-state index in [4.69, 9.17) is 4.98 Å². The molecule has 0 unspecified atom stereocenters. The summed E-state index contributed by atoms with van der Waals surface area (Å²) < 4.78 is 3.24. The van der Waals surface area contributed by atoms with Crippen molar-refractivity contribution in [2.45, 2.75) is 0 Å². The minimum absolute atomic E-state index is 0.121. The highest BCUT2D eigenvalue weighted by Crippen LogP contribution is 2.29. The lowest BCUT2D eigenvalue weighted by atomic mass is 10.1. The summed E-state index contributed by atoms with van der Waals surface area (Å²) in [5.74, 6) is 0.121. The first kappa shape index (κ1) is 16.3. The van der Waals surface area contributed by atoms with Crippen molar-refractivity contribution < 1.29 is 4.79 Å².